The molecule has 0 aliphatic carbocycles. The Morgan fingerprint density at radius 1 is 1.24 bits per heavy atom. The number of benzene rings is 2. The molecule has 3 aromatic rings. The predicted molar refractivity (Wildman–Crippen MR) is 131 cm³/mol. The predicted octanol–water partition coefficient (Wildman–Crippen LogP) is 4.87. The van der Waals surface area contributed by atoms with Gasteiger partial charge in [-0.15, -0.1) is 0 Å². The van der Waals surface area contributed by atoms with E-state index in [9.17, 15) is 9.59 Å². The highest BCUT2D eigenvalue weighted by molar-refractivity contribution is 9.10. The van der Waals surface area contributed by atoms with Gasteiger partial charge in [0.15, 0.2) is 5.82 Å². The topological polar surface area (TPSA) is 108 Å². The molecule has 0 saturated carbocycles. The van der Waals surface area contributed by atoms with Crippen molar-refractivity contribution in [3.05, 3.63) is 63.2 Å². The summed E-state index contributed by atoms with van der Waals surface area (Å²) in [5.41, 5.74) is 3.46. The van der Waals surface area contributed by atoms with E-state index in [0.29, 0.717) is 45.5 Å². The van der Waals surface area contributed by atoms with Crippen LogP contribution < -0.4 is 20.9 Å². The molecule has 170 valence electrons. The second kappa shape index (κ2) is 9.63. The second-order valence-electron chi connectivity index (χ2n) is 7.15. The minimum absolute atomic E-state index is 0.250. The van der Waals surface area contributed by atoms with Gasteiger partial charge in [-0.2, -0.15) is 4.98 Å². The second-order valence-corrected chi connectivity index (χ2v) is 8.41. The van der Waals surface area contributed by atoms with E-state index in [-0.39, 0.29) is 12.0 Å². The van der Waals surface area contributed by atoms with Crippen LogP contribution in [0.15, 0.2) is 47.1 Å². The van der Waals surface area contributed by atoms with Crippen LogP contribution in [0.25, 0.3) is 0 Å². The zero-order valence-electron chi connectivity index (χ0n) is 17.8. The maximum atomic E-state index is 12.3. The van der Waals surface area contributed by atoms with Gasteiger partial charge in [-0.25, -0.2) is 9.78 Å². The lowest BCUT2D eigenvalue weighted by Crippen LogP contribution is -2.25. The monoisotopic (exact) mass is 530 g/mol. The first-order valence-electron chi connectivity index (χ1n) is 9.98. The molecule has 0 unspecified atom stereocenters. The molecule has 0 saturated heterocycles. The first-order chi connectivity index (χ1) is 15.9. The molecule has 0 bridgehead atoms. The van der Waals surface area contributed by atoms with Gasteiger partial charge < -0.3 is 20.7 Å². The number of halogens is 2. The van der Waals surface area contributed by atoms with E-state index in [0.717, 1.165) is 16.9 Å². The number of nitrogens with one attached hydrogen (secondary N) is 3. The molecule has 1 aliphatic rings. The smallest absolute Gasteiger partial charge is 0.414 e. The number of hydrogen-bond donors (Lipinski definition) is 3. The number of amides is 2. The number of anilines is 5. The van der Waals surface area contributed by atoms with Crippen molar-refractivity contribution in [1.29, 1.82) is 0 Å². The van der Waals surface area contributed by atoms with Gasteiger partial charge in [0, 0.05) is 30.7 Å². The molecule has 4 rings (SSSR count). The summed E-state index contributed by atoms with van der Waals surface area (Å²) in [5.74, 6) is 0.393. The minimum Gasteiger partial charge on any atom is -0.449 e. The summed E-state index contributed by atoms with van der Waals surface area (Å²) in [6.45, 7) is 0.310. The van der Waals surface area contributed by atoms with Gasteiger partial charge >= 0.3 is 6.09 Å². The largest absolute Gasteiger partial charge is 0.449 e. The van der Waals surface area contributed by atoms with Gasteiger partial charge in [0.25, 0.3) is 5.91 Å². The lowest BCUT2D eigenvalue weighted by atomic mass is 10.1. The third-order valence-corrected chi connectivity index (χ3v) is 5.98. The molecule has 3 N–H and O–H groups in total. The van der Waals surface area contributed by atoms with Gasteiger partial charge in [0.2, 0.25) is 5.95 Å². The van der Waals surface area contributed by atoms with Crippen LogP contribution in [-0.2, 0) is 11.2 Å². The molecule has 0 fully saturated rings. The van der Waals surface area contributed by atoms with Crippen LogP contribution in [0.4, 0.5) is 33.6 Å². The fourth-order valence-electron chi connectivity index (χ4n) is 3.37. The fraction of sp³-hybridized carbons (Fsp3) is 0.182. The summed E-state index contributed by atoms with van der Waals surface area (Å²) in [6.07, 6.45) is 1.69. The quantitative estimate of drug-likeness (QED) is 0.431. The summed E-state index contributed by atoms with van der Waals surface area (Å²) < 4.78 is 5.85. The highest BCUT2D eigenvalue weighted by Crippen LogP contribution is 2.33. The first-order valence-corrected chi connectivity index (χ1v) is 11.1. The van der Waals surface area contributed by atoms with E-state index < -0.39 is 0 Å². The van der Waals surface area contributed by atoms with E-state index in [1.807, 2.05) is 24.3 Å². The Balaban J connectivity index is 1.61. The third-order valence-electron chi connectivity index (χ3n) is 5.04. The Kier molecular flexibility index (Phi) is 6.66. The maximum Gasteiger partial charge on any atom is 0.414 e. The lowest BCUT2D eigenvalue weighted by Gasteiger charge is -2.17. The van der Waals surface area contributed by atoms with Crippen molar-refractivity contribution in [3.63, 3.8) is 0 Å². The average Bonchev–Trinajstić information content (AvgIpc) is 2.94. The highest BCUT2D eigenvalue weighted by Gasteiger charge is 2.20. The number of nitrogens with zero attached hydrogens (tertiary/aromatic N) is 3. The molecular formula is C22H20BrClN6O3. The van der Waals surface area contributed by atoms with E-state index in [2.05, 4.69) is 41.8 Å². The van der Waals surface area contributed by atoms with Crippen molar-refractivity contribution in [2.45, 2.75) is 6.42 Å². The van der Waals surface area contributed by atoms with Crippen LogP contribution in [0, 0.1) is 0 Å². The molecule has 0 spiro atoms. The Morgan fingerprint density at radius 2 is 2.06 bits per heavy atom. The maximum absolute atomic E-state index is 12.3. The summed E-state index contributed by atoms with van der Waals surface area (Å²) in [5, 5.41) is 9.20. The normalized spacial score (nSPS) is 13.0. The number of fused-ring (bicyclic) bond motifs is 1. The van der Waals surface area contributed by atoms with Gasteiger partial charge in [0.1, 0.15) is 5.02 Å². The van der Waals surface area contributed by atoms with Crippen LogP contribution >= 0.6 is 27.5 Å². The molecule has 1 aromatic heterocycles. The van der Waals surface area contributed by atoms with Crippen LogP contribution in [-0.4, -0.2) is 42.7 Å². The summed E-state index contributed by atoms with van der Waals surface area (Å²) in [6, 6.07) is 10.9. The fourth-order valence-corrected chi connectivity index (χ4v) is 3.98. The molecule has 11 heteroatoms. The Bertz CT molecular complexity index is 1240. The number of rotatable bonds is 5. The SMILES string of the molecule is CNC(=O)c1cccc(Br)c1Nc1nc(Nc2ccc3c(c2)CCOC(=O)N3C)ncc1Cl. The zero-order chi connectivity index (χ0) is 23.5. The molecule has 0 atom stereocenters. The van der Waals surface area contributed by atoms with Crippen molar-refractivity contribution >= 4 is 68.4 Å². The third kappa shape index (κ3) is 4.86. The van der Waals surface area contributed by atoms with Gasteiger partial charge in [-0.3, -0.25) is 9.69 Å². The summed E-state index contributed by atoms with van der Waals surface area (Å²) >= 11 is 9.79. The van der Waals surface area contributed by atoms with Crippen LogP contribution in [0.1, 0.15) is 15.9 Å². The Labute approximate surface area is 203 Å². The standard InChI is InChI=1S/C22H20BrClN6O3/c1-25-20(31)14-4-3-5-15(23)18(14)28-19-16(24)11-26-21(29-19)27-13-6-7-17-12(10-13)8-9-33-22(32)30(17)2/h3-7,10-11H,8-9H2,1-2H3,(H,25,31)(H2,26,27,28,29). The van der Waals surface area contributed by atoms with E-state index in [1.54, 1.807) is 26.2 Å². The van der Waals surface area contributed by atoms with Gasteiger partial charge in [-0.05, 0) is 51.8 Å². The molecule has 1 aliphatic heterocycles. The Hall–Kier alpha value is -3.37. The van der Waals surface area contributed by atoms with Gasteiger partial charge in [0.05, 0.1) is 29.7 Å². The first kappa shape index (κ1) is 22.8. The van der Waals surface area contributed by atoms with Crippen molar-refractivity contribution in [2.24, 2.45) is 0 Å². The molecule has 2 amide bonds. The van der Waals surface area contributed by atoms with E-state index >= 15 is 0 Å². The van der Waals surface area contributed by atoms with Gasteiger partial charge in [-0.1, -0.05) is 17.7 Å². The van der Waals surface area contributed by atoms with Crippen LogP contribution in [0.2, 0.25) is 5.02 Å². The van der Waals surface area contributed by atoms with Crippen LogP contribution in [0.3, 0.4) is 0 Å². The van der Waals surface area contributed by atoms with Crippen molar-refractivity contribution in [1.82, 2.24) is 15.3 Å². The molecule has 2 aromatic carbocycles. The molecule has 2 heterocycles. The number of cyclic esters (lactones) is 1. The number of carbonyl (C=O) groups excluding carboxylic acids is 2. The minimum atomic E-state index is -0.380. The number of para-hydroxylation sites is 1. The highest BCUT2D eigenvalue weighted by atomic mass is 79.9. The Morgan fingerprint density at radius 3 is 2.85 bits per heavy atom. The molecule has 9 nitrogen and oxygen atoms in total. The van der Waals surface area contributed by atoms with E-state index in [4.69, 9.17) is 16.3 Å². The number of carbonyl (C=O) groups is 2. The molecular weight excluding hydrogens is 512 g/mol. The van der Waals surface area contributed by atoms with Crippen molar-refractivity contribution < 1.29 is 14.3 Å². The summed E-state index contributed by atoms with van der Waals surface area (Å²) in [7, 11) is 3.24. The summed E-state index contributed by atoms with van der Waals surface area (Å²) in [4.78, 5) is 34.4. The number of hydrogen-bond acceptors (Lipinski definition) is 7. The van der Waals surface area contributed by atoms with Crippen molar-refractivity contribution in [2.75, 3.05) is 36.2 Å². The zero-order valence-corrected chi connectivity index (χ0v) is 20.1. The van der Waals surface area contributed by atoms with E-state index in [1.165, 1.54) is 11.1 Å². The lowest BCUT2D eigenvalue weighted by molar-refractivity contribution is 0.0964. The average molecular weight is 532 g/mol. The van der Waals surface area contributed by atoms with Crippen LogP contribution in [0.5, 0.6) is 0 Å². The van der Waals surface area contributed by atoms with Crippen molar-refractivity contribution in [3.8, 4) is 0 Å². The number of ether oxygens (including phenoxy) is 1. The number of aromatic nitrogens is 2. The molecule has 0 radical (unpaired) electrons. The molecule has 33 heavy (non-hydrogen) atoms.